The van der Waals surface area contributed by atoms with Gasteiger partial charge in [-0.05, 0) is 51.3 Å². The third-order valence-corrected chi connectivity index (χ3v) is 4.45. The molecule has 0 saturated heterocycles. The second kappa shape index (κ2) is 4.34. The molecule has 0 bridgehead atoms. The zero-order valence-corrected chi connectivity index (χ0v) is 12.1. The van der Waals surface area contributed by atoms with Gasteiger partial charge in [0, 0.05) is 11.6 Å². The Morgan fingerprint density at radius 3 is 2.58 bits per heavy atom. The van der Waals surface area contributed by atoms with Crippen LogP contribution in [-0.2, 0) is 5.54 Å². The molecule has 1 aliphatic rings. The molecule has 1 aromatic carbocycles. The summed E-state index contributed by atoms with van der Waals surface area (Å²) in [6.45, 7) is 6.47. The summed E-state index contributed by atoms with van der Waals surface area (Å²) < 4.78 is 2.29. The van der Waals surface area contributed by atoms with Gasteiger partial charge >= 0.3 is 0 Å². The van der Waals surface area contributed by atoms with Crippen molar-refractivity contribution in [3.8, 4) is 0 Å². The van der Waals surface area contributed by atoms with Crippen LogP contribution in [-0.4, -0.2) is 9.55 Å². The number of hydrogen-bond acceptors (Lipinski definition) is 2. The molecule has 1 aliphatic carbocycles. The Kier molecular flexibility index (Phi) is 2.90. The molecule has 3 nitrogen and oxygen atoms in total. The summed E-state index contributed by atoms with van der Waals surface area (Å²) >= 11 is 0. The Bertz CT molecular complexity index is 604. The van der Waals surface area contributed by atoms with E-state index in [1.165, 1.54) is 23.9 Å². The van der Waals surface area contributed by atoms with Crippen LogP contribution in [0, 0.1) is 6.92 Å². The standard InChI is InChI=1S/C16H23N3/c1-11(2)19-12(3)18-14-10-13(6-7-15(14)19)16(17)8-4-5-9-16/h6-7,10-11H,4-5,8-9,17H2,1-3H3. The highest BCUT2D eigenvalue weighted by Gasteiger charge is 2.31. The number of aromatic nitrogens is 2. The second-order valence-electron chi connectivity index (χ2n) is 6.19. The molecule has 0 unspecified atom stereocenters. The van der Waals surface area contributed by atoms with Crippen LogP contribution >= 0.6 is 0 Å². The molecule has 2 N–H and O–H groups in total. The number of nitrogens with zero attached hydrogens (tertiary/aromatic N) is 2. The minimum absolute atomic E-state index is 0.121. The van der Waals surface area contributed by atoms with Gasteiger partial charge in [-0.15, -0.1) is 0 Å². The molecular formula is C16H23N3. The van der Waals surface area contributed by atoms with Crippen LogP contribution in [0.15, 0.2) is 18.2 Å². The molecule has 0 atom stereocenters. The normalized spacial score (nSPS) is 18.6. The van der Waals surface area contributed by atoms with E-state index in [1.807, 2.05) is 0 Å². The Labute approximate surface area is 114 Å². The van der Waals surface area contributed by atoms with E-state index < -0.39 is 0 Å². The van der Waals surface area contributed by atoms with Crippen molar-refractivity contribution in [3.05, 3.63) is 29.6 Å². The third-order valence-electron chi connectivity index (χ3n) is 4.45. The Hall–Kier alpha value is -1.35. The van der Waals surface area contributed by atoms with Crippen LogP contribution in [0.5, 0.6) is 0 Å². The zero-order chi connectivity index (χ0) is 13.6. The fraction of sp³-hybridized carbons (Fsp3) is 0.562. The van der Waals surface area contributed by atoms with Gasteiger partial charge in [-0.2, -0.15) is 0 Å². The lowest BCUT2D eigenvalue weighted by Gasteiger charge is -2.24. The number of nitrogens with two attached hydrogens (primary N) is 1. The molecule has 1 saturated carbocycles. The molecule has 1 fully saturated rings. The largest absolute Gasteiger partial charge is 0.326 e. The minimum Gasteiger partial charge on any atom is -0.326 e. The first kappa shape index (κ1) is 12.7. The summed E-state index contributed by atoms with van der Waals surface area (Å²) in [5.74, 6) is 1.08. The molecule has 102 valence electrons. The van der Waals surface area contributed by atoms with Crippen LogP contribution in [0.3, 0.4) is 0 Å². The van der Waals surface area contributed by atoms with Crippen molar-refractivity contribution in [1.29, 1.82) is 0 Å². The van der Waals surface area contributed by atoms with Gasteiger partial charge in [0.2, 0.25) is 0 Å². The molecule has 1 aromatic heterocycles. The maximum absolute atomic E-state index is 6.54. The minimum atomic E-state index is -0.121. The van der Waals surface area contributed by atoms with Crippen LogP contribution in [0.25, 0.3) is 11.0 Å². The average Bonchev–Trinajstić information content (AvgIpc) is 2.91. The number of fused-ring (bicyclic) bond motifs is 1. The van der Waals surface area contributed by atoms with Crippen LogP contribution in [0.2, 0.25) is 0 Å². The number of aryl methyl sites for hydroxylation is 1. The van der Waals surface area contributed by atoms with Gasteiger partial charge in [0.15, 0.2) is 0 Å². The highest BCUT2D eigenvalue weighted by atomic mass is 15.1. The first-order valence-corrected chi connectivity index (χ1v) is 7.29. The summed E-state index contributed by atoms with van der Waals surface area (Å²) in [6.07, 6.45) is 4.69. The Balaban J connectivity index is 2.12. The average molecular weight is 257 g/mol. The van der Waals surface area contributed by atoms with Crippen molar-refractivity contribution in [3.63, 3.8) is 0 Å². The fourth-order valence-corrected chi connectivity index (χ4v) is 3.48. The van der Waals surface area contributed by atoms with Crippen molar-refractivity contribution in [2.24, 2.45) is 5.73 Å². The first-order valence-electron chi connectivity index (χ1n) is 7.29. The number of imidazole rings is 1. The van der Waals surface area contributed by atoms with Crippen LogP contribution in [0.1, 0.15) is 57.0 Å². The molecule has 3 rings (SSSR count). The van der Waals surface area contributed by atoms with E-state index >= 15 is 0 Å². The maximum Gasteiger partial charge on any atom is 0.106 e. The molecule has 0 spiro atoms. The monoisotopic (exact) mass is 257 g/mol. The van der Waals surface area contributed by atoms with E-state index in [2.05, 4.69) is 43.5 Å². The van der Waals surface area contributed by atoms with Crippen molar-refractivity contribution >= 4 is 11.0 Å². The van der Waals surface area contributed by atoms with Crippen molar-refractivity contribution in [1.82, 2.24) is 9.55 Å². The van der Waals surface area contributed by atoms with Gasteiger partial charge in [0.05, 0.1) is 11.0 Å². The third kappa shape index (κ3) is 1.96. The van der Waals surface area contributed by atoms with Gasteiger partial charge in [0.1, 0.15) is 5.82 Å². The molecule has 19 heavy (non-hydrogen) atoms. The van der Waals surface area contributed by atoms with Gasteiger partial charge in [-0.3, -0.25) is 0 Å². The first-order chi connectivity index (χ1) is 9.01. The van der Waals surface area contributed by atoms with E-state index in [1.54, 1.807) is 0 Å². The summed E-state index contributed by atoms with van der Waals surface area (Å²) in [7, 11) is 0. The molecule has 3 heteroatoms. The van der Waals surface area contributed by atoms with Crippen molar-refractivity contribution in [2.75, 3.05) is 0 Å². The summed E-state index contributed by atoms with van der Waals surface area (Å²) in [4.78, 5) is 4.70. The van der Waals surface area contributed by atoms with Gasteiger partial charge < -0.3 is 10.3 Å². The summed E-state index contributed by atoms with van der Waals surface area (Å²) in [5, 5.41) is 0. The molecule has 0 amide bonds. The Morgan fingerprint density at radius 1 is 1.26 bits per heavy atom. The van der Waals surface area contributed by atoms with E-state index in [0.717, 1.165) is 24.2 Å². The summed E-state index contributed by atoms with van der Waals surface area (Å²) in [6, 6.07) is 7.03. The van der Waals surface area contributed by atoms with E-state index in [9.17, 15) is 0 Å². The SMILES string of the molecule is Cc1nc2cc(C3(N)CCCC3)ccc2n1C(C)C. The van der Waals surface area contributed by atoms with Crippen LogP contribution in [0.4, 0.5) is 0 Å². The smallest absolute Gasteiger partial charge is 0.106 e. The summed E-state index contributed by atoms with van der Waals surface area (Å²) in [5.41, 5.74) is 9.98. The number of hydrogen-bond donors (Lipinski definition) is 1. The predicted molar refractivity (Wildman–Crippen MR) is 79.2 cm³/mol. The quantitative estimate of drug-likeness (QED) is 0.892. The topological polar surface area (TPSA) is 43.8 Å². The highest BCUT2D eigenvalue weighted by molar-refractivity contribution is 5.77. The van der Waals surface area contributed by atoms with Gasteiger partial charge in [-0.1, -0.05) is 18.9 Å². The lowest BCUT2D eigenvalue weighted by atomic mass is 9.89. The maximum atomic E-state index is 6.54. The number of rotatable bonds is 2. The fourth-order valence-electron chi connectivity index (χ4n) is 3.48. The Morgan fingerprint density at radius 2 is 1.95 bits per heavy atom. The van der Waals surface area contributed by atoms with Gasteiger partial charge in [0.25, 0.3) is 0 Å². The molecule has 0 aliphatic heterocycles. The van der Waals surface area contributed by atoms with Gasteiger partial charge in [-0.25, -0.2) is 4.98 Å². The zero-order valence-electron chi connectivity index (χ0n) is 12.1. The molecule has 2 aromatic rings. The lowest BCUT2D eigenvalue weighted by Crippen LogP contribution is -2.32. The highest BCUT2D eigenvalue weighted by Crippen LogP contribution is 2.37. The molecular weight excluding hydrogens is 234 g/mol. The molecule has 0 radical (unpaired) electrons. The molecule has 1 heterocycles. The second-order valence-corrected chi connectivity index (χ2v) is 6.19. The van der Waals surface area contributed by atoms with Crippen molar-refractivity contribution in [2.45, 2.75) is 58.0 Å². The predicted octanol–water partition coefficient (Wildman–Crippen LogP) is 3.65. The number of benzene rings is 1. The lowest BCUT2D eigenvalue weighted by molar-refractivity contribution is 0.462. The van der Waals surface area contributed by atoms with E-state index in [0.29, 0.717) is 6.04 Å². The van der Waals surface area contributed by atoms with Crippen molar-refractivity contribution < 1.29 is 0 Å². The van der Waals surface area contributed by atoms with E-state index in [4.69, 9.17) is 10.7 Å². The van der Waals surface area contributed by atoms with E-state index in [-0.39, 0.29) is 5.54 Å². The van der Waals surface area contributed by atoms with Crippen LogP contribution < -0.4 is 5.73 Å².